The average molecular weight is 328 g/mol. The molecule has 2 N–H and O–H groups in total. The third-order valence-electron chi connectivity index (χ3n) is 3.46. The van der Waals surface area contributed by atoms with Crippen LogP contribution in [0.5, 0.6) is 0 Å². The second-order valence-electron chi connectivity index (χ2n) is 4.79. The Morgan fingerprint density at radius 3 is 3.00 bits per heavy atom. The van der Waals surface area contributed by atoms with Crippen LogP contribution in [0.1, 0.15) is 24.8 Å². The Bertz CT molecular complexity index is 442. The first-order chi connectivity index (χ1) is 9.12. The molecule has 1 saturated heterocycles. The van der Waals surface area contributed by atoms with Gasteiger partial charge < -0.3 is 15.2 Å². The lowest BCUT2D eigenvalue weighted by molar-refractivity contribution is -0.151. The number of carbonyl (C=O) groups is 1. The Labute approximate surface area is 121 Å². The maximum Gasteiger partial charge on any atom is 0.329 e. The zero-order valence-electron chi connectivity index (χ0n) is 10.7. The van der Waals surface area contributed by atoms with Gasteiger partial charge in [0.25, 0.3) is 0 Å². The number of benzene rings is 1. The van der Waals surface area contributed by atoms with Crippen molar-refractivity contribution in [3.8, 4) is 0 Å². The number of carboxylic acids is 1. The van der Waals surface area contributed by atoms with Gasteiger partial charge in [-0.3, -0.25) is 0 Å². The Hall–Kier alpha value is -0.910. The smallest absolute Gasteiger partial charge is 0.329 e. The maximum atomic E-state index is 10.8. The Kier molecular flexibility index (Phi) is 4.96. The van der Waals surface area contributed by atoms with E-state index < -0.39 is 11.6 Å². The first-order valence-corrected chi connectivity index (χ1v) is 7.24. The molecule has 1 aliphatic heterocycles. The van der Waals surface area contributed by atoms with Crippen LogP contribution in [0, 0.1) is 0 Å². The van der Waals surface area contributed by atoms with E-state index in [0.717, 1.165) is 42.4 Å². The molecule has 0 radical (unpaired) electrons. The molecule has 4 nitrogen and oxygen atoms in total. The van der Waals surface area contributed by atoms with Crippen molar-refractivity contribution in [2.75, 3.05) is 19.7 Å². The van der Waals surface area contributed by atoms with Crippen molar-refractivity contribution in [3.63, 3.8) is 0 Å². The van der Waals surface area contributed by atoms with Crippen molar-refractivity contribution in [1.82, 2.24) is 5.32 Å². The highest BCUT2D eigenvalue weighted by atomic mass is 79.9. The van der Waals surface area contributed by atoms with E-state index in [4.69, 9.17) is 9.84 Å². The average Bonchev–Trinajstić information content (AvgIpc) is 2.63. The topological polar surface area (TPSA) is 58.6 Å². The highest BCUT2D eigenvalue weighted by Gasteiger charge is 2.34. The van der Waals surface area contributed by atoms with Gasteiger partial charge in [0.05, 0.1) is 5.60 Å². The van der Waals surface area contributed by atoms with Crippen LogP contribution in [0.2, 0.25) is 0 Å². The van der Waals surface area contributed by atoms with Gasteiger partial charge in [-0.15, -0.1) is 0 Å². The highest BCUT2D eigenvalue weighted by Crippen LogP contribution is 2.36. The molecule has 1 aromatic carbocycles. The molecule has 0 spiro atoms. The monoisotopic (exact) mass is 327 g/mol. The fourth-order valence-corrected chi connectivity index (χ4v) is 2.93. The van der Waals surface area contributed by atoms with E-state index in [2.05, 4.69) is 21.2 Å². The van der Waals surface area contributed by atoms with Crippen molar-refractivity contribution < 1.29 is 14.6 Å². The summed E-state index contributed by atoms with van der Waals surface area (Å²) in [6.07, 6.45) is 2.60. The van der Waals surface area contributed by atoms with Crippen molar-refractivity contribution in [2.45, 2.75) is 24.9 Å². The van der Waals surface area contributed by atoms with Gasteiger partial charge in [0.2, 0.25) is 0 Å². The van der Waals surface area contributed by atoms with Crippen molar-refractivity contribution in [2.24, 2.45) is 0 Å². The van der Waals surface area contributed by atoms with Crippen LogP contribution in [-0.4, -0.2) is 30.8 Å². The van der Waals surface area contributed by atoms with Gasteiger partial charge in [0.15, 0.2) is 0 Å². The predicted octanol–water partition coefficient (Wildman–Crippen LogP) is 2.52. The van der Waals surface area contributed by atoms with E-state index in [-0.39, 0.29) is 6.61 Å². The Morgan fingerprint density at radius 2 is 2.26 bits per heavy atom. The van der Waals surface area contributed by atoms with Crippen molar-refractivity contribution >= 4 is 21.9 Å². The molecule has 1 aromatic rings. The summed E-state index contributed by atoms with van der Waals surface area (Å²) >= 11 is 3.46. The summed E-state index contributed by atoms with van der Waals surface area (Å²) in [4.78, 5) is 10.8. The molecule has 1 atom stereocenters. The second kappa shape index (κ2) is 6.50. The molecule has 1 fully saturated rings. The van der Waals surface area contributed by atoms with Gasteiger partial charge >= 0.3 is 5.97 Å². The minimum absolute atomic E-state index is 0.257. The molecule has 0 aromatic heterocycles. The standard InChI is InChI=1S/C14H18BrNO3/c15-12-4-1-3-11(9-12)14(19-10-13(17)18)5-2-7-16-8-6-14/h1,3-4,9,16H,2,5-8,10H2,(H,17,18). The largest absolute Gasteiger partial charge is 0.480 e. The molecule has 0 bridgehead atoms. The van der Waals surface area contributed by atoms with E-state index >= 15 is 0 Å². The lowest BCUT2D eigenvalue weighted by atomic mass is 9.86. The number of hydrogen-bond acceptors (Lipinski definition) is 3. The number of rotatable bonds is 4. The molecule has 104 valence electrons. The molecule has 1 aliphatic rings. The summed E-state index contributed by atoms with van der Waals surface area (Å²) in [6, 6.07) is 7.96. The van der Waals surface area contributed by atoms with Crippen LogP contribution in [0.4, 0.5) is 0 Å². The SMILES string of the molecule is O=C(O)COC1(c2cccc(Br)c2)CCCNCC1. The van der Waals surface area contributed by atoms with E-state index in [0.29, 0.717) is 0 Å². The minimum atomic E-state index is -0.924. The minimum Gasteiger partial charge on any atom is -0.480 e. The van der Waals surface area contributed by atoms with Crippen LogP contribution in [0.25, 0.3) is 0 Å². The summed E-state index contributed by atoms with van der Waals surface area (Å²) in [5, 5.41) is 12.2. The van der Waals surface area contributed by atoms with Crippen LogP contribution < -0.4 is 5.32 Å². The number of carboxylic acid groups (broad SMARTS) is 1. The van der Waals surface area contributed by atoms with Gasteiger partial charge in [0, 0.05) is 4.47 Å². The van der Waals surface area contributed by atoms with E-state index in [1.165, 1.54) is 0 Å². The van der Waals surface area contributed by atoms with Gasteiger partial charge in [-0.2, -0.15) is 0 Å². The quantitative estimate of drug-likeness (QED) is 0.892. The molecule has 5 heteroatoms. The number of ether oxygens (including phenoxy) is 1. The Balaban J connectivity index is 2.28. The molecular formula is C14H18BrNO3. The summed E-state index contributed by atoms with van der Waals surface area (Å²) in [5.41, 5.74) is 0.554. The number of aliphatic carboxylic acids is 1. The second-order valence-corrected chi connectivity index (χ2v) is 5.71. The van der Waals surface area contributed by atoms with E-state index in [1.807, 2.05) is 24.3 Å². The number of hydrogen-bond donors (Lipinski definition) is 2. The summed E-state index contributed by atoms with van der Waals surface area (Å²) in [5.74, 6) is -0.924. The molecule has 0 saturated carbocycles. The van der Waals surface area contributed by atoms with Crippen LogP contribution >= 0.6 is 15.9 Å². The van der Waals surface area contributed by atoms with Gasteiger partial charge in [-0.25, -0.2) is 4.79 Å². The lowest BCUT2D eigenvalue weighted by Gasteiger charge is -2.33. The van der Waals surface area contributed by atoms with Crippen molar-refractivity contribution in [3.05, 3.63) is 34.3 Å². The van der Waals surface area contributed by atoms with Gasteiger partial charge in [0.1, 0.15) is 6.61 Å². The summed E-state index contributed by atoms with van der Waals surface area (Å²) in [6.45, 7) is 1.53. The van der Waals surface area contributed by atoms with Gasteiger partial charge in [-0.1, -0.05) is 28.1 Å². The summed E-state index contributed by atoms with van der Waals surface area (Å²) in [7, 11) is 0. The zero-order chi connectivity index (χ0) is 13.7. The normalized spacial score (nSPS) is 23.8. The first kappa shape index (κ1) is 14.5. The maximum absolute atomic E-state index is 10.8. The van der Waals surface area contributed by atoms with E-state index in [9.17, 15) is 4.79 Å². The molecule has 1 heterocycles. The molecule has 1 unspecified atom stereocenters. The van der Waals surface area contributed by atoms with Crippen LogP contribution in [0.3, 0.4) is 0 Å². The van der Waals surface area contributed by atoms with E-state index in [1.54, 1.807) is 0 Å². The molecule has 0 amide bonds. The third-order valence-corrected chi connectivity index (χ3v) is 3.96. The van der Waals surface area contributed by atoms with Crippen molar-refractivity contribution in [1.29, 1.82) is 0 Å². The molecular weight excluding hydrogens is 310 g/mol. The van der Waals surface area contributed by atoms with Crippen LogP contribution in [-0.2, 0) is 15.1 Å². The third kappa shape index (κ3) is 3.78. The molecule has 2 rings (SSSR count). The first-order valence-electron chi connectivity index (χ1n) is 6.45. The van der Waals surface area contributed by atoms with Gasteiger partial charge in [-0.05, 0) is 50.0 Å². The molecule has 19 heavy (non-hydrogen) atoms. The lowest BCUT2D eigenvalue weighted by Crippen LogP contribution is -2.33. The number of halogens is 1. The molecule has 0 aliphatic carbocycles. The highest BCUT2D eigenvalue weighted by molar-refractivity contribution is 9.10. The number of nitrogens with one attached hydrogen (secondary N) is 1. The summed E-state index contributed by atoms with van der Waals surface area (Å²) < 4.78 is 6.78. The zero-order valence-corrected chi connectivity index (χ0v) is 12.3. The predicted molar refractivity (Wildman–Crippen MR) is 76.1 cm³/mol. The van der Waals surface area contributed by atoms with Crippen LogP contribution in [0.15, 0.2) is 28.7 Å². The fraction of sp³-hybridized carbons (Fsp3) is 0.500. The fourth-order valence-electron chi connectivity index (χ4n) is 2.53. The Morgan fingerprint density at radius 1 is 1.42 bits per heavy atom.